The van der Waals surface area contributed by atoms with Crippen LogP contribution in [0.1, 0.15) is 30.0 Å². The van der Waals surface area contributed by atoms with Crippen molar-refractivity contribution in [3.05, 3.63) is 47.7 Å². The highest BCUT2D eigenvalue weighted by atomic mass is 16.5. The summed E-state index contributed by atoms with van der Waals surface area (Å²) >= 11 is 0. The Bertz CT molecular complexity index is 1060. The number of hydrogen-bond acceptors (Lipinski definition) is 7. The smallest absolute Gasteiger partial charge is 0.271 e. The van der Waals surface area contributed by atoms with Crippen LogP contribution in [0.2, 0.25) is 0 Å². The molecule has 3 aromatic rings. The van der Waals surface area contributed by atoms with Crippen LogP contribution >= 0.6 is 0 Å². The molecule has 3 rings (SSSR count). The van der Waals surface area contributed by atoms with Crippen molar-refractivity contribution < 1.29 is 28.2 Å². The third kappa shape index (κ3) is 4.17. The standard InChI is InChI=1S/C22H24N2O6/c1-6-29-16-9-7-8-14-10-17(30-20(14)16)13(2)23-24-22(25)15-11-18(26-3)21(28-5)19(12-15)27-4/h7-12H,6H2,1-5H3,(H,24,25)/b23-13-. The van der Waals surface area contributed by atoms with Crippen molar-refractivity contribution in [3.8, 4) is 23.0 Å². The van der Waals surface area contributed by atoms with Crippen LogP contribution in [0.5, 0.6) is 23.0 Å². The number of carbonyl (C=O) groups is 1. The van der Waals surface area contributed by atoms with Gasteiger partial charge in [0, 0.05) is 10.9 Å². The van der Waals surface area contributed by atoms with Crippen LogP contribution < -0.4 is 24.4 Å². The fourth-order valence-electron chi connectivity index (χ4n) is 2.95. The molecule has 0 saturated carbocycles. The Morgan fingerprint density at radius 3 is 2.33 bits per heavy atom. The number of para-hydroxylation sites is 1. The monoisotopic (exact) mass is 412 g/mol. The quantitative estimate of drug-likeness (QED) is 0.444. The summed E-state index contributed by atoms with van der Waals surface area (Å²) < 4.78 is 27.3. The summed E-state index contributed by atoms with van der Waals surface area (Å²) in [7, 11) is 4.47. The molecule has 0 aliphatic rings. The lowest BCUT2D eigenvalue weighted by Gasteiger charge is -2.13. The van der Waals surface area contributed by atoms with Crippen molar-refractivity contribution in [1.29, 1.82) is 0 Å². The number of benzene rings is 2. The number of nitrogens with one attached hydrogen (secondary N) is 1. The van der Waals surface area contributed by atoms with E-state index in [-0.39, 0.29) is 0 Å². The van der Waals surface area contributed by atoms with Gasteiger partial charge < -0.3 is 23.4 Å². The molecular weight excluding hydrogens is 388 g/mol. The van der Waals surface area contributed by atoms with E-state index in [1.807, 2.05) is 31.2 Å². The number of furan rings is 1. The van der Waals surface area contributed by atoms with Gasteiger partial charge in [-0.1, -0.05) is 12.1 Å². The largest absolute Gasteiger partial charge is 0.493 e. The number of hydrogen-bond donors (Lipinski definition) is 1. The normalized spacial score (nSPS) is 11.3. The van der Waals surface area contributed by atoms with Gasteiger partial charge in [-0.3, -0.25) is 4.79 Å². The molecule has 2 aromatic carbocycles. The molecule has 0 radical (unpaired) electrons. The molecule has 1 amide bonds. The zero-order valence-electron chi connectivity index (χ0n) is 17.6. The lowest BCUT2D eigenvalue weighted by molar-refractivity contribution is 0.0954. The first kappa shape index (κ1) is 21.0. The Morgan fingerprint density at radius 2 is 1.73 bits per heavy atom. The molecular formula is C22H24N2O6. The van der Waals surface area contributed by atoms with E-state index in [9.17, 15) is 4.79 Å². The molecule has 158 valence electrons. The molecule has 0 atom stereocenters. The maximum Gasteiger partial charge on any atom is 0.271 e. The lowest BCUT2D eigenvalue weighted by Crippen LogP contribution is -2.19. The number of fused-ring (bicyclic) bond motifs is 1. The van der Waals surface area contributed by atoms with Gasteiger partial charge in [-0.2, -0.15) is 5.10 Å². The van der Waals surface area contributed by atoms with Crippen LogP contribution in [-0.4, -0.2) is 39.6 Å². The predicted octanol–water partition coefficient (Wildman–Crippen LogP) is 4.01. The third-order valence-corrected chi connectivity index (χ3v) is 4.42. The van der Waals surface area contributed by atoms with Crippen LogP contribution in [0.15, 0.2) is 45.9 Å². The molecule has 8 nitrogen and oxygen atoms in total. The van der Waals surface area contributed by atoms with Crippen LogP contribution in [-0.2, 0) is 0 Å². The summed E-state index contributed by atoms with van der Waals surface area (Å²) in [6.07, 6.45) is 0. The Balaban J connectivity index is 1.84. The molecule has 1 aromatic heterocycles. The molecule has 1 heterocycles. The molecule has 0 fully saturated rings. The van der Waals surface area contributed by atoms with Crippen molar-refractivity contribution in [2.24, 2.45) is 5.10 Å². The van der Waals surface area contributed by atoms with Crippen molar-refractivity contribution in [2.45, 2.75) is 13.8 Å². The molecule has 0 aliphatic carbocycles. The summed E-state index contributed by atoms with van der Waals surface area (Å²) in [5.41, 5.74) is 3.98. The highest BCUT2D eigenvalue weighted by Gasteiger charge is 2.17. The van der Waals surface area contributed by atoms with Crippen molar-refractivity contribution in [1.82, 2.24) is 5.43 Å². The second-order valence-electron chi connectivity index (χ2n) is 6.27. The van der Waals surface area contributed by atoms with Gasteiger partial charge in [0.1, 0.15) is 5.71 Å². The molecule has 0 bridgehead atoms. The Labute approximate surface area is 174 Å². The first-order valence-electron chi connectivity index (χ1n) is 9.32. The summed E-state index contributed by atoms with van der Waals surface area (Å²) in [6, 6.07) is 10.6. The van der Waals surface area contributed by atoms with E-state index in [2.05, 4.69) is 10.5 Å². The average molecular weight is 412 g/mol. The first-order chi connectivity index (χ1) is 14.5. The number of rotatable bonds is 8. The fraction of sp³-hybridized carbons (Fsp3) is 0.273. The number of ether oxygens (including phenoxy) is 4. The van der Waals surface area contributed by atoms with Gasteiger partial charge in [-0.25, -0.2) is 5.43 Å². The maximum absolute atomic E-state index is 12.6. The number of hydrazone groups is 1. The van der Waals surface area contributed by atoms with Crippen molar-refractivity contribution >= 4 is 22.6 Å². The van der Waals surface area contributed by atoms with E-state index in [4.69, 9.17) is 23.4 Å². The van der Waals surface area contributed by atoms with Gasteiger partial charge in [0.15, 0.2) is 28.6 Å². The molecule has 0 unspecified atom stereocenters. The van der Waals surface area contributed by atoms with Crippen LogP contribution in [0.4, 0.5) is 0 Å². The number of amides is 1. The average Bonchev–Trinajstić information content (AvgIpc) is 3.21. The first-order valence-corrected chi connectivity index (χ1v) is 9.32. The van der Waals surface area contributed by atoms with E-state index in [1.165, 1.54) is 21.3 Å². The molecule has 8 heteroatoms. The Hall–Kier alpha value is -3.68. The second kappa shape index (κ2) is 9.21. The van der Waals surface area contributed by atoms with E-state index in [0.29, 0.717) is 52.2 Å². The van der Waals surface area contributed by atoms with E-state index < -0.39 is 5.91 Å². The summed E-state index contributed by atoms with van der Waals surface area (Å²) in [5, 5.41) is 5.06. The topological polar surface area (TPSA) is 91.5 Å². The van der Waals surface area contributed by atoms with Crippen LogP contribution in [0.25, 0.3) is 11.0 Å². The molecule has 30 heavy (non-hydrogen) atoms. The Morgan fingerprint density at radius 1 is 1.03 bits per heavy atom. The van der Waals surface area contributed by atoms with Gasteiger partial charge in [0.2, 0.25) is 5.75 Å². The van der Waals surface area contributed by atoms with Crippen molar-refractivity contribution in [2.75, 3.05) is 27.9 Å². The van der Waals surface area contributed by atoms with Gasteiger partial charge in [-0.05, 0) is 38.1 Å². The van der Waals surface area contributed by atoms with E-state index in [0.717, 1.165) is 5.39 Å². The van der Waals surface area contributed by atoms with Gasteiger partial charge in [0.05, 0.1) is 27.9 Å². The number of methoxy groups -OCH3 is 3. The van der Waals surface area contributed by atoms with E-state index in [1.54, 1.807) is 19.1 Å². The second-order valence-corrected chi connectivity index (χ2v) is 6.27. The highest BCUT2D eigenvalue weighted by molar-refractivity contribution is 6.02. The number of carbonyl (C=O) groups excluding carboxylic acids is 1. The van der Waals surface area contributed by atoms with Gasteiger partial charge in [0.25, 0.3) is 5.91 Å². The molecule has 0 aliphatic heterocycles. The van der Waals surface area contributed by atoms with Crippen LogP contribution in [0.3, 0.4) is 0 Å². The van der Waals surface area contributed by atoms with E-state index >= 15 is 0 Å². The maximum atomic E-state index is 12.6. The van der Waals surface area contributed by atoms with Crippen molar-refractivity contribution in [3.63, 3.8) is 0 Å². The predicted molar refractivity (Wildman–Crippen MR) is 113 cm³/mol. The minimum Gasteiger partial charge on any atom is -0.493 e. The minimum absolute atomic E-state index is 0.310. The molecule has 0 spiro atoms. The zero-order valence-corrected chi connectivity index (χ0v) is 17.6. The zero-order chi connectivity index (χ0) is 21.7. The SMILES string of the molecule is CCOc1cccc2cc(/C(C)=N\NC(=O)c3cc(OC)c(OC)c(OC)c3)oc12. The Kier molecular flexibility index (Phi) is 6.46. The van der Waals surface area contributed by atoms with Crippen LogP contribution in [0, 0.1) is 0 Å². The summed E-state index contributed by atoms with van der Waals surface area (Å²) in [4.78, 5) is 12.6. The lowest BCUT2D eigenvalue weighted by atomic mass is 10.1. The minimum atomic E-state index is -0.431. The highest BCUT2D eigenvalue weighted by Crippen LogP contribution is 2.38. The fourth-order valence-corrected chi connectivity index (χ4v) is 2.95. The van der Waals surface area contributed by atoms with Gasteiger partial charge in [-0.15, -0.1) is 0 Å². The molecule has 0 saturated heterocycles. The molecule has 1 N–H and O–H groups in total. The summed E-state index contributed by atoms with van der Waals surface area (Å²) in [6.45, 7) is 4.19. The summed E-state index contributed by atoms with van der Waals surface area (Å²) in [5.74, 6) is 1.92. The number of nitrogens with zero attached hydrogens (tertiary/aromatic N) is 1. The third-order valence-electron chi connectivity index (χ3n) is 4.42. The van der Waals surface area contributed by atoms with Gasteiger partial charge >= 0.3 is 0 Å².